The molecule has 8 aromatic carbocycles. The van der Waals surface area contributed by atoms with Gasteiger partial charge in [0.15, 0.2) is 5.58 Å². The fourth-order valence-corrected chi connectivity index (χ4v) is 8.47. The number of para-hydroxylation sites is 3. The molecule has 0 saturated carbocycles. The van der Waals surface area contributed by atoms with Crippen LogP contribution >= 0.6 is 0 Å². The molecule has 0 saturated heterocycles. The molecule has 0 N–H and O–H groups in total. The summed E-state index contributed by atoms with van der Waals surface area (Å²) in [5.41, 5.74) is 14.9. The summed E-state index contributed by atoms with van der Waals surface area (Å²) in [6.07, 6.45) is 0. The third-order valence-corrected chi connectivity index (χ3v) is 10.9. The molecule has 0 amide bonds. The number of nitrogens with zero attached hydrogens (tertiary/aromatic N) is 1. The highest BCUT2D eigenvalue weighted by Crippen LogP contribution is 2.52. The summed E-state index contributed by atoms with van der Waals surface area (Å²) in [7, 11) is 0. The van der Waals surface area contributed by atoms with Gasteiger partial charge in [0.2, 0.25) is 0 Å². The maximum absolute atomic E-state index is 6.74. The standard InChI is InChI=1S/C49H35NO/c1-49(2)42-25-9-6-19-36(42)37-30-29-34(31-43(37)49)50(45-27-14-24-41-39-21-8-11-28-46(39)51-48(41)45)44-26-10-7-20-38(44)40-23-13-18-33-17-12-22-35(47(33)40)32-15-4-3-5-16-32/h3-31H,1-2H3. The maximum atomic E-state index is 6.74. The van der Waals surface area contributed by atoms with E-state index in [-0.39, 0.29) is 5.41 Å². The number of hydrogen-bond donors (Lipinski definition) is 0. The highest BCUT2D eigenvalue weighted by molar-refractivity contribution is 6.12. The molecular weight excluding hydrogens is 619 g/mol. The van der Waals surface area contributed by atoms with E-state index in [2.05, 4.69) is 189 Å². The van der Waals surface area contributed by atoms with Crippen molar-refractivity contribution in [3.05, 3.63) is 187 Å². The number of rotatable bonds is 5. The van der Waals surface area contributed by atoms with E-state index in [4.69, 9.17) is 4.42 Å². The molecule has 0 bridgehead atoms. The lowest BCUT2D eigenvalue weighted by molar-refractivity contribution is 0.660. The van der Waals surface area contributed by atoms with Gasteiger partial charge >= 0.3 is 0 Å². The average Bonchev–Trinajstić information content (AvgIpc) is 3.68. The Hall–Kier alpha value is -6.38. The van der Waals surface area contributed by atoms with Crippen molar-refractivity contribution in [2.45, 2.75) is 19.3 Å². The molecule has 1 aliphatic carbocycles. The van der Waals surface area contributed by atoms with Crippen molar-refractivity contribution < 1.29 is 4.42 Å². The van der Waals surface area contributed by atoms with E-state index in [0.717, 1.165) is 44.6 Å². The summed E-state index contributed by atoms with van der Waals surface area (Å²) in [6.45, 7) is 4.70. The summed E-state index contributed by atoms with van der Waals surface area (Å²) in [4.78, 5) is 2.42. The Bertz CT molecular complexity index is 2780. The monoisotopic (exact) mass is 653 g/mol. The Morgan fingerprint density at radius 1 is 0.451 bits per heavy atom. The third kappa shape index (κ3) is 4.50. The number of anilines is 3. The second-order valence-electron chi connectivity index (χ2n) is 14.1. The van der Waals surface area contributed by atoms with Crippen LogP contribution in [-0.4, -0.2) is 0 Å². The lowest BCUT2D eigenvalue weighted by Crippen LogP contribution is -2.17. The minimum atomic E-state index is -0.140. The summed E-state index contributed by atoms with van der Waals surface area (Å²) in [5, 5.41) is 4.68. The first kappa shape index (κ1) is 29.5. The Labute approximate surface area is 297 Å². The first-order valence-electron chi connectivity index (χ1n) is 17.7. The quantitative estimate of drug-likeness (QED) is 0.184. The second kappa shape index (κ2) is 11.3. The fourth-order valence-electron chi connectivity index (χ4n) is 8.47. The SMILES string of the molecule is CC1(C)c2ccccc2-c2ccc(N(c3ccccc3-c3cccc4cccc(-c5ccccc5)c34)c3cccc4c3oc3ccccc34)cc21. The van der Waals surface area contributed by atoms with Crippen LogP contribution in [-0.2, 0) is 5.41 Å². The van der Waals surface area contributed by atoms with Gasteiger partial charge in [0, 0.05) is 27.4 Å². The normalized spacial score (nSPS) is 13.1. The topological polar surface area (TPSA) is 16.4 Å². The van der Waals surface area contributed by atoms with E-state index in [1.165, 1.54) is 49.7 Å². The van der Waals surface area contributed by atoms with Crippen molar-refractivity contribution in [1.82, 2.24) is 0 Å². The summed E-state index contributed by atoms with van der Waals surface area (Å²) in [6, 6.07) is 63.6. The zero-order valence-corrected chi connectivity index (χ0v) is 28.6. The van der Waals surface area contributed by atoms with E-state index >= 15 is 0 Å². The Morgan fingerprint density at radius 3 is 1.94 bits per heavy atom. The molecule has 0 radical (unpaired) electrons. The van der Waals surface area contributed by atoms with Gasteiger partial charge in [-0.3, -0.25) is 0 Å². The van der Waals surface area contributed by atoms with Crippen LogP contribution in [0.15, 0.2) is 180 Å². The van der Waals surface area contributed by atoms with Crippen molar-refractivity contribution in [2.24, 2.45) is 0 Å². The van der Waals surface area contributed by atoms with Gasteiger partial charge in [-0.1, -0.05) is 159 Å². The molecule has 1 aromatic heterocycles. The first-order valence-corrected chi connectivity index (χ1v) is 17.7. The van der Waals surface area contributed by atoms with E-state index in [1.54, 1.807) is 0 Å². The third-order valence-electron chi connectivity index (χ3n) is 10.9. The van der Waals surface area contributed by atoms with Gasteiger partial charge in [0.25, 0.3) is 0 Å². The van der Waals surface area contributed by atoms with Gasteiger partial charge in [-0.15, -0.1) is 0 Å². The molecule has 51 heavy (non-hydrogen) atoms. The minimum Gasteiger partial charge on any atom is -0.454 e. The Balaban J connectivity index is 1.27. The van der Waals surface area contributed by atoms with Crippen LogP contribution in [0.2, 0.25) is 0 Å². The lowest BCUT2D eigenvalue weighted by atomic mass is 9.82. The van der Waals surface area contributed by atoms with Crippen LogP contribution in [0.1, 0.15) is 25.0 Å². The predicted octanol–water partition coefficient (Wildman–Crippen LogP) is 13.8. The molecular formula is C49H35NO. The smallest absolute Gasteiger partial charge is 0.159 e. The Morgan fingerprint density at radius 2 is 1.08 bits per heavy atom. The molecule has 0 aliphatic heterocycles. The lowest BCUT2D eigenvalue weighted by Gasteiger charge is -2.30. The van der Waals surface area contributed by atoms with Crippen LogP contribution in [0.25, 0.3) is 66.1 Å². The molecule has 10 rings (SSSR count). The molecule has 2 heteroatoms. The number of hydrogen-bond acceptors (Lipinski definition) is 2. The zero-order chi connectivity index (χ0) is 34.1. The van der Waals surface area contributed by atoms with Crippen LogP contribution in [0.3, 0.4) is 0 Å². The largest absolute Gasteiger partial charge is 0.454 e. The van der Waals surface area contributed by atoms with Crippen LogP contribution in [0, 0.1) is 0 Å². The molecule has 9 aromatic rings. The highest BCUT2D eigenvalue weighted by Gasteiger charge is 2.36. The number of furan rings is 1. The van der Waals surface area contributed by atoms with Gasteiger partial charge < -0.3 is 9.32 Å². The predicted molar refractivity (Wildman–Crippen MR) is 214 cm³/mol. The van der Waals surface area contributed by atoms with Crippen molar-refractivity contribution in [3.8, 4) is 33.4 Å². The van der Waals surface area contributed by atoms with E-state index in [1.807, 2.05) is 6.07 Å². The summed E-state index contributed by atoms with van der Waals surface area (Å²) in [5.74, 6) is 0. The first-order chi connectivity index (χ1) is 25.1. The van der Waals surface area contributed by atoms with Gasteiger partial charge in [0.05, 0.1) is 11.4 Å². The number of fused-ring (bicyclic) bond motifs is 7. The van der Waals surface area contributed by atoms with Gasteiger partial charge in [-0.05, 0) is 80.0 Å². The molecule has 0 spiro atoms. The molecule has 0 atom stereocenters. The molecule has 0 unspecified atom stereocenters. The number of benzene rings is 8. The molecule has 1 heterocycles. The molecule has 1 aliphatic rings. The van der Waals surface area contributed by atoms with Crippen molar-refractivity contribution in [3.63, 3.8) is 0 Å². The van der Waals surface area contributed by atoms with Crippen LogP contribution in [0.5, 0.6) is 0 Å². The van der Waals surface area contributed by atoms with E-state index in [9.17, 15) is 0 Å². The summed E-state index contributed by atoms with van der Waals surface area (Å²) >= 11 is 0. The maximum Gasteiger partial charge on any atom is 0.159 e. The van der Waals surface area contributed by atoms with Crippen molar-refractivity contribution in [1.29, 1.82) is 0 Å². The van der Waals surface area contributed by atoms with Crippen LogP contribution < -0.4 is 4.90 Å². The van der Waals surface area contributed by atoms with Gasteiger partial charge in [-0.25, -0.2) is 0 Å². The Kier molecular flexibility index (Phi) is 6.56. The van der Waals surface area contributed by atoms with Crippen LogP contribution in [0.4, 0.5) is 17.1 Å². The van der Waals surface area contributed by atoms with E-state index in [0.29, 0.717) is 0 Å². The summed E-state index contributed by atoms with van der Waals surface area (Å²) < 4.78 is 6.74. The zero-order valence-electron chi connectivity index (χ0n) is 28.6. The molecule has 2 nitrogen and oxygen atoms in total. The second-order valence-corrected chi connectivity index (χ2v) is 14.1. The van der Waals surface area contributed by atoms with E-state index < -0.39 is 0 Å². The van der Waals surface area contributed by atoms with Crippen molar-refractivity contribution in [2.75, 3.05) is 4.90 Å². The van der Waals surface area contributed by atoms with Gasteiger partial charge in [0.1, 0.15) is 5.58 Å². The average molecular weight is 654 g/mol. The highest BCUT2D eigenvalue weighted by atomic mass is 16.3. The van der Waals surface area contributed by atoms with Crippen molar-refractivity contribution >= 4 is 49.8 Å². The molecule has 242 valence electrons. The minimum absolute atomic E-state index is 0.140. The molecule has 0 fully saturated rings. The van der Waals surface area contributed by atoms with Gasteiger partial charge in [-0.2, -0.15) is 0 Å². The fraction of sp³-hybridized carbons (Fsp3) is 0.0612.